The van der Waals surface area contributed by atoms with Gasteiger partial charge >= 0.3 is 0 Å². The van der Waals surface area contributed by atoms with E-state index < -0.39 is 0 Å². The minimum Gasteiger partial charge on any atom is -0.457 e. The van der Waals surface area contributed by atoms with Crippen LogP contribution in [0.1, 0.15) is 5.56 Å². The molecule has 0 aliphatic carbocycles. The van der Waals surface area contributed by atoms with Crippen molar-refractivity contribution in [1.82, 2.24) is 24.3 Å². The highest BCUT2D eigenvalue weighted by Gasteiger charge is 2.11. The van der Waals surface area contributed by atoms with Gasteiger partial charge in [0.05, 0.1) is 9.99 Å². The standard InChI is InChI=1S/C21H14BrClN6O/c1-12-8-13(27-21-19-16(25-11-26-21)10-15(22)20(23)28-19)2-3-17(12)30-14-4-6-29-7-5-24-18(29)9-14/h2-11H,1H3,(H,25,26,27). The quantitative estimate of drug-likeness (QED) is 0.320. The first kappa shape index (κ1) is 18.8. The first-order chi connectivity index (χ1) is 14.6. The van der Waals surface area contributed by atoms with Crippen molar-refractivity contribution in [1.29, 1.82) is 0 Å². The van der Waals surface area contributed by atoms with E-state index in [-0.39, 0.29) is 0 Å². The summed E-state index contributed by atoms with van der Waals surface area (Å²) in [6, 6.07) is 11.4. The lowest BCUT2D eigenvalue weighted by molar-refractivity contribution is 0.478. The van der Waals surface area contributed by atoms with Crippen LogP contribution in [0, 0.1) is 6.92 Å². The number of pyridine rings is 2. The molecular weight excluding hydrogens is 468 g/mol. The van der Waals surface area contributed by atoms with Gasteiger partial charge < -0.3 is 14.5 Å². The van der Waals surface area contributed by atoms with Crippen molar-refractivity contribution in [2.45, 2.75) is 6.92 Å². The van der Waals surface area contributed by atoms with Gasteiger partial charge in [0.2, 0.25) is 0 Å². The van der Waals surface area contributed by atoms with E-state index in [1.807, 2.05) is 60.1 Å². The Morgan fingerprint density at radius 2 is 1.97 bits per heavy atom. The maximum atomic E-state index is 6.15. The summed E-state index contributed by atoms with van der Waals surface area (Å²) in [6.45, 7) is 1.98. The van der Waals surface area contributed by atoms with Crippen LogP contribution in [0.3, 0.4) is 0 Å². The van der Waals surface area contributed by atoms with Gasteiger partial charge in [0.25, 0.3) is 0 Å². The van der Waals surface area contributed by atoms with Gasteiger partial charge in [0, 0.05) is 30.3 Å². The fraction of sp³-hybridized carbons (Fsp3) is 0.0476. The highest BCUT2D eigenvalue weighted by molar-refractivity contribution is 9.10. The number of benzene rings is 1. The topological polar surface area (TPSA) is 77.2 Å². The highest BCUT2D eigenvalue weighted by Crippen LogP contribution is 2.31. The van der Waals surface area contributed by atoms with Crippen molar-refractivity contribution in [3.8, 4) is 11.5 Å². The van der Waals surface area contributed by atoms with Crippen molar-refractivity contribution in [3.05, 3.63) is 76.5 Å². The molecule has 0 saturated carbocycles. The summed E-state index contributed by atoms with van der Waals surface area (Å²) < 4.78 is 8.66. The number of anilines is 2. The highest BCUT2D eigenvalue weighted by atomic mass is 79.9. The Kier molecular flexibility index (Phi) is 4.72. The molecule has 30 heavy (non-hydrogen) atoms. The molecule has 5 rings (SSSR count). The SMILES string of the molecule is Cc1cc(Nc2ncnc3cc(Br)c(Cl)nc23)ccc1Oc1ccn2ccnc2c1. The van der Waals surface area contributed by atoms with Crippen LogP contribution in [-0.2, 0) is 0 Å². The molecule has 0 radical (unpaired) electrons. The van der Waals surface area contributed by atoms with Gasteiger partial charge in [-0.25, -0.2) is 19.9 Å². The molecule has 4 heterocycles. The third-order valence-electron chi connectivity index (χ3n) is 4.56. The van der Waals surface area contributed by atoms with Crippen LogP contribution in [-0.4, -0.2) is 24.3 Å². The molecule has 0 unspecified atom stereocenters. The normalized spacial score (nSPS) is 11.2. The van der Waals surface area contributed by atoms with Gasteiger partial charge in [-0.05, 0) is 58.7 Å². The average Bonchev–Trinajstić information content (AvgIpc) is 3.19. The second-order valence-corrected chi connectivity index (χ2v) is 7.83. The lowest BCUT2D eigenvalue weighted by Crippen LogP contribution is -1.99. The molecule has 7 nitrogen and oxygen atoms in total. The van der Waals surface area contributed by atoms with E-state index in [4.69, 9.17) is 16.3 Å². The Morgan fingerprint density at radius 1 is 1.07 bits per heavy atom. The molecule has 0 atom stereocenters. The van der Waals surface area contributed by atoms with Crippen LogP contribution in [0.5, 0.6) is 11.5 Å². The predicted octanol–water partition coefficient (Wildman–Crippen LogP) is 5.93. The number of aryl methyl sites for hydroxylation is 1. The second-order valence-electron chi connectivity index (χ2n) is 6.61. The van der Waals surface area contributed by atoms with Crippen LogP contribution < -0.4 is 10.1 Å². The van der Waals surface area contributed by atoms with Crippen molar-refractivity contribution in [2.75, 3.05) is 5.32 Å². The summed E-state index contributed by atoms with van der Waals surface area (Å²) in [4.78, 5) is 17.2. The minimum atomic E-state index is 0.356. The zero-order chi connectivity index (χ0) is 20.7. The predicted molar refractivity (Wildman–Crippen MR) is 120 cm³/mol. The van der Waals surface area contributed by atoms with E-state index in [0.717, 1.165) is 28.4 Å². The average molecular weight is 482 g/mol. The molecule has 4 aromatic heterocycles. The van der Waals surface area contributed by atoms with Crippen molar-refractivity contribution in [3.63, 3.8) is 0 Å². The number of rotatable bonds is 4. The van der Waals surface area contributed by atoms with E-state index in [1.54, 1.807) is 6.20 Å². The number of fused-ring (bicyclic) bond motifs is 2. The molecule has 5 aromatic rings. The summed E-state index contributed by atoms with van der Waals surface area (Å²) in [5.41, 5.74) is 3.93. The lowest BCUT2D eigenvalue weighted by Gasteiger charge is -2.12. The van der Waals surface area contributed by atoms with E-state index in [9.17, 15) is 0 Å². The molecule has 1 N–H and O–H groups in total. The molecule has 0 bridgehead atoms. The largest absolute Gasteiger partial charge is 0.457 e. The second kappa shape index (κ2) is 7.55. The molecule has 0 amide bonds. The van der Waals surface area contributed by atoms with Gasteiger partial charge in [-0.2, -0.15) is 0 Å². The smallest absolute Gasteiger partial charge is 0.160 e. The van der Waals surface area contributed by atoms with Gasteiger partial charge in [-0.15, -0.1) is 0 Å². The van der Waals surface area contributed by atoms with Gasteiger partial charge in [-0.3, -0.25) is 0 Å². The molecule has 0 saturated heterocycles. The number of nitrogens with one attached hydrogen (secondary N) is 1. The van der Waals surface area contributed by atoms with Gasteiger partial charge in [0.1, 0.15) is 34.1 Å². The summed E-state index contributed by atoms with van der Waals surface area (Å²) in [5.74, 6) is 2.06. The Labute approximate surface area is 184 Å². The lowest BCUT2D eigenvalue weighted by atomic mass is 10.2. The number of ether oxygens (including phenoxy) is 1. The van der Waals surface area contributed by atoms with Crippen LogP contribution in [0.25, 0.3) is 16.7 Å². The Bertz CT molecular complexity index is 1400. The number of hydrogen-bond acceptors (Lipinski definition) is 6. The third kappa shape index (κ3) is 3.55. The third-order valence-corrected chi connectivity index (χ3v) is 5.68. The first-order valence-electron chi connectivity index (χ1n) is 9.02. The number of imidazole rings is 1. The Balaban J connectivity index is 1.42. The van der Waals surface area contributed by atoms with Gasteiger partial charge in [0.15, 0.2) is 5.82 Å². The maximum Gasteiger partial charge on any atom is 0.160 e. The minimum absolute atomic E-state index is 0.356. The molecule has 1 aromatic carbocycles. The molecule has 0 fully saturated rings. The monoisotopic (exact) mass is 480 g/mol. The van der Waals surface area contributed by atoms with Crippen LogP contribution in [0.4, 0.5) is 11.5 Å². The molecule has 148 valence electrons. The van der Waals surface area contributed by atoms with Crippen molar-refractivity contribution < 1.29 is 4.74 Å². The zero-order valence-corrected chi connectivity index (χ0v) is 18.0. The van der Waals surface area contributed by atoms with Crippen LogP contribution >= 0.6 is 27.5 Å². The van der Waals surface area contributed by atoms with Crippen molar-refractivity contribution >= 4 is 55.7 Å². The summed E-state index contributed by atoms with van der Waals surface area (Å²) in [5, 5.41) is 3.65. The number of halogens is 2. The zero-order valence-electron chi connectivity index (χ0n) is 15.7. The summed E-state index contributed by atoms with van der Waals surface area (Å²) in [6.07, 6.45) is 7.05. The molecule has 0 spiro atoms. The summed E-state index contributed by atoms with van der Waals surface area (Å²) >= 11 is 9.52. The van der Waals surface area contributed by atoms with Crippen molar-refractivity contribution in [2.24, 2.45) is 0 Å². The maximum absolute atomic E-state index is 6.15. The van der Waals surface area contributed by atoms with E-state index >= 15 is 0 Å². The Morgan fingerprint density at radius 3 is 2.83 bits per heavy atom. The van der Waals surface area contributed by atoms with Crippen LogP contribution in [0.2, 0.25) is 5.15 Å². The number of aromatic nitrogens is 5. The molecule has 0 aliphatic heterocycles. The van der Waals surface area contributed by atoms with Crippen LogP contribution in [0.15, 0.2) is 65.8 Å². The number of hydrogen-bond donors (Lipinski definition) is 1. The first-order valence-corrected chi connectivity index (χ1v) is 10.2. The summed E-state index contributed by atoms with van der Waals surface area (Å²) in [7, 11) is 0. The molecule has 0 aliphatic rings. The Hall–Kier alpha value is -3.23. The molecule has 9 heteroatoms. The van der Waals surface area contributed by atoms with Gasteiger partial charge in [-0.1, -0.05) is 11.6 Å². The fourth-order valence-electron chi connectivity index (χ4n) is 3.09. The van der Waals surface area contributed by atoms with E-state index in [2.05, 4.69) is 41.2 Å². The molecular formula is C21H14BrClN6O. The fourth-order valence-corrected chi connectivity index (χ4v) is 3.54. The van der Waals surface area contributed by atoms with E-state index in [1.165, 1.54) is 6.33 Å². The van der Waals surface area contributed by atoms with E-state index in [0.29, 0.717) is 26.5 Å². The number of nitrogens with zero attached hydrogens (tertiary/aromatic N) is 5.